The van der Waals surface area contributed by atoms with Crippen LogP contribution in [-0.4, -0.2) is 16.8 Å². The Morgan fingerprint density at radius 2 is 2.07 bits per heavy atom. The molecule has 14 heavy (non-hydrogen) atoms. The predicted octanol–water partition coefficient (Wildman–Crippen LogP) is 3.42. The van der Waals surface area contributed by atoms with Crippen LogP contribution in [0.2, 0.25) is 5.02 Å². The number of halogens is 1. The standard InChI is InChI=1S/C11H11ClOS/c12-9-5-3-8(4-6-9)11(13)10-2-1-7-14-10/h3-6,10H,1-2,7H2. The molecule has 74 valence electrons. The normalized spacial score (nSPS) is 21.1. The zero-order valence-corrected chi connectivity index (χ0v) is 9.27. The van der Waals surface area contributed by atoms with Gasteiger partial charge in [-0.15, -0.1) is 0 Å². The van der Waals surface area contributed by atoms with Gasteiger partial charge in [0.05, 0.1) is 5.25 Å². The molecule has 0 radical (unpaired) electrons. The Morgan fingerprint density at radius 1 is 1.36 bits per heavy atom. The molecule has 1 nitrogen and oxygen atoms in total. The predicted molar refractivity (Wildman–Crippen MR) is 61.3 cm³/mol. The molecule has 1 atom stereocenters. The Bertz CT molecular complexity index is 328. The average molecular weight is 227 g/mol. The molecule has 1 unspecified atom stereocenters. The minimum atomic E-state index is 0.177. The Balaban J connectivity index is 2.14. The highest BCUT2D eigenvalue weighted by molar-refractivity contribution is 8.00. The molecule has 1 saturated heterocycles. The van der Waals surface area contributed by atoms with Gasteiger partial charge in [-0.05, 0) is 42.9 Å². The van der Waals surface area contributed by atoms with Gasteiger partial charge in [0.1, 0.15) is 0 Å². The Kier molecular flexibility index (Phi) is 3.14. The van der Waals surface area contributed by atoms with Crippen molar-refractivity contribution in [1.82, 2.24) is 0 Å². The molecule has 1 fully saturated rings. The summed E-state index contributed by atoms with van der Waals surface area (Å²) in [5, 5.41) is 0.858. The fourth-order valence-electron chi connectivity index (χ4n) is 1.58. The van der Waals surface area contributed by atoms with Crippen LogP contribution in [0.25, 0.3) is 0 Å². The number of hydrogen-bond donors (Lipinski definition) is 0. The molecule has 3 heteroatoms. The molecule has 0 amide bonds. The summed E-state index contributed by atoms with van der Waals surface area (Å²) in [6, 6.07) is 7.16. The third kappa shape index (κ3) is 2.12. The van der Waals surface area contributed by atoms with Gasteiger partial charge in [-0.25, -0.2) is 0 Å². The lowest BCUT2D eigenvalue weighted by molar-refractivity contribution is 0.0988. The van der Waals surface area contributed by atoms with Crippen molar-refractivity contribution in [3.63, 3.8) is 0 Å². The number of carbonyl (C=O) groups is 1. The van der Waals surface area contributed by atoms with Gasteiger partial charge in [-0.3, -0.25) is 4.79 Å². The molecular formula is C11H11ClOS. The number of rotatable bonds is 2. The van der Waals surface area contributed by atoms with Gasteiger partial charge < -0.3 is 0 Å². The quantitative estimate of drug-likeness (QED) is 0.719. The van der Waals surface area contributed by atoms with Gasteiger partial charge in [0.2, 0.25) is 0 Å². The van der Waals surface area contributed by atoms with E-state index >= 15 is 0 Å². The lowest BCUT2D eigenvalue weighted by Gasteiger charge is -2.06. The van der Waals surface area contributed by atoms with E-state index in [-0.39, 0.29) is 11.0 Å². The molecular weight excluding hydrogens is 216 g/mol. The van der Waals surface area contributed by atoms with Crippen molar-refractivity contribution in [3.05, 3.63) is 34.9 Å². The van der Waals surface area contributed by atoms with Crippen molar-refractivity contribution in [2.45, 2.75) is 18.1 Å². The molecule has 1 heterocycles. The number of benzene rings is 1. The Morgan fingerprint density at radius 3 is 2.64 bits per heavy atom. The number of carbonyl (C=O) groups excluding carboxylic acids is 1. The minimum absolute atomic E-state index is 0.177. The summed E-state index contributed by atoms with van der Waals surface area (Å²) >= 11 is 7.53. The van der Waals surface area contributed by atoms with Gasteiger partial charge in [0.25, 0.3) is 0 Å². The molecule has 2 rings (SSSR count). The van der Waals surface area contributed by atoms with Crippen molar-refractivity contribution >= 4 is 29.1 Å². The van der Waals surface area contributed by atoms with Gasteiger partial charge in [-0.1, -0.05) is 11.6 Å². The number of Topliss-reactive ketones (excluding diaryl/α,β-unsaturated/α-hetero) is 1. The first-order valence-electron chi connectivity index (χ1n) is 4.69. The van der Waals surface area contributed by atoms with Crippen molar-refractivity contribution in [3.8, 4) is 0 Å². The molecule has 0 saturated carbocycles. The summed E-state index contributed by atoms with van der Waals surface area (Å²) in [7, 11) is 0. The summed E-state index contributed by atoms with van der Waals surface area (Å²) in [6.45, 7) is 0. The summed E-state index contributed by atoms with van der Waals surface area (Å²) in [5.74, 6) is 1.37. The van der Waals surface area contributed by atoms with Crippen LogP contribution >= 0.6 is 23.4 Å². The molecule has 1 aromatic rings. The third-order valence-electron chi connectivity index (χ3n) is 2.35. The first kappa shape index (κ1) is 10.1. The average Bonchev–Trinajstić information content (AvgIpc) is 2.71. The molecule has 0 aliphatic carbocycles. The fraction of sp³-hybridized carbons (Fsp3) is 0.364. The van der Waals surface area contributed by atoms with Gasteiger partial charge in [-0.2, -0.15) is 11.8 Å². The highest BCUT2D eigenvalue weighted by Gasteiger charge is 2.24. The molecule has 1 aliphatic heterocycles. The van der Waals surface area contributed by atoms with Gasteiger partial charge in [0.15, 0.2) is 5.78 Å². The molecule has 0 N–H and O–H groups in total. The number of hydrogen-bond acceptors (Lipinski definition) is 2. The second-order valence-electron chi connectivity index (χ2n) is 3.37. The van der Waals surface area contributed by atoms with Crippen LogP contribution in [0.4, 0.5) is 0 Å². The zero-order chi connectivity index (χ0) is 9.97. The van der Waals surface area contributed by atoms with Crippen LogP contribution in [0.3, 0.4) is 0 Å². The van der Waals surface area contributed by atoms with E-state index in [1.165, 1.54) is 0 Å². The van der Waals surface area contributed by atoms with E-state index in [9.17, 15) is 4.79 Å². The van der Waals surface area contributed by atoms with Crippen LogP contribution in [0, 0.1) is 0 Å². The first-order chi connectivity index (χ1) is 6.77. The van der Waals surface area contributed by atoms with Crippen molar-refractivity contribution in [1.29, 1.82) is 0 Å². The van der Waals surface area contributed by atoms with Crippen LogP contribution in [0.5, 0.6) is 0 Å². The summed E-state index contributed by atoms with van der Waals surface area (Å²) < 4.78 is 0. The fourth-order valence-corrected chi connectivity index (χ4v) is 2.95. The Labute approximate surface area is 92.8 Å². The van der Waals surface area contributed by atoms with E-state index in [0.717, 1.165) is 24.2 Å². The van der Waals surface area contributed by atoms with E-state index in [4.69, 9.17) is 11.6 Å². The summed E-state index contributed by atoms with van der Waals surface area (Å²) in [6.07, 6.45) is 2.18. The van der Waals surface area contributed by atoms with Crippen LogP contribution in [-0.2, 0) is 0 Å². The summed E-state index contributed by atoms with van der Waals surface area (Å²) in [4.78, 5) is 11.9. The molecule has 0 aromatic heterocycles. The van der Waals surface area contributed by atoms with Crippen LogP contribution < -0.4 is 0 Å². The largest absolute Gasteiger partial charge is 0.293 e. The second-order valence-corrected chi connectivity index (χ2v) is 5.12. The maximum absolute atomic E-state index is 11.9. The Hall–Kier alpha value is -0.470. The summed E-state index contributed by atoms with van der Waals surface area (Å²) in [5.41, 5.74) is 0.786. The topological polar surface area (TPSA) is 17.1 Å². The zero-order valence-electron chi connectivity index (χ0n) is 7.70. The maximum atomic E-state index is 11.9. The van der Waals surface area contributed by atoms with E-state index in [2.05, 4.69) is 0 Å². The van der Waals surface area contributed by atoms with Gasteiger partial charge in [0, 0.05) is 10.6 Å². The molecule has 1 aliphatic rings. The SMILES string of the molecule is O=C(c1ccc(Cl)cc1)C1CCCS1. The highest BCUT2D eigenvalue weighted by atomic mass is 35.5. The minimum Gasteiger partial charge on any atom is -0.293 e. The number of thioether (sulfide) groups is 1. The lowest BCUT2D eigenvalue weighted by Crippen LogP contribution is -2.13. The van der Waals surface area contributed by atoms with E-state index < -0.39 is 0 Å². The lowest BCUT2D eigenvalue weighted by atomic mass is 10.1. The molecule has 0 bridgehead atoms. The van der Waals surface area contributed by atoms with Crippen molar-refractivity contribution in [2.24, 2.45) is 0 Å². The van der Waals surface area contributed by atoms with Crippen LogP contribution in [0.1, 0.15) is 23.2 Å². The highest BCUT2D eigenvalue weighted by Crippen LogP contribution is 2.29. The molecule has 1 aromatic carbocycles. The smallest absolute Gasteiger partial charge is 0.175 e. The second kappa shape index (κ2) is 4.37. The van der Waals surface area contributed by atoms with Gasteiger partial charge >= 0.3 is 0 Å². The van der Waals surface area contributed by atoms with Crippen molar-refractivity contribution in [2.75, 3.05) is 5.75 Å². The van der Waals surface area contributed by atoms with E-state index in [1.54, 1.807) is 23.9 Å². The number of ketones is 1. The van der Waals surface area contributed by atoms with E-state index in [1.807, 2.05) is 12.1 Å². The van der Waals surface area contributed by atoms with Crippen molar-refractivity contribution < 1.29 is 4.79 Å². The monoisotopic (exact) mass is 226 g/mol. The van der Waals surface area contributed by atoms with Crippen LogP contribution in [0.15, 0.2) is 24.3 Å². The first-order valence-corrected chi connectivity index (χ1v) is 6.11. The third-order valence-corrected chi connectivity index (χ3v) is 3.98. The molecule has 0 spiro atoms. The van der Waals surface area contributed by atoms with E-state index in [0.29, 0.717) is 5.02 Å². The maximum Gasteiger partial charge on any atom is 0.175 e.